The number of hydrogen-bond donors (Lipinski definition) is 0. The van der Waals surface area contributed by atoms with Crippen LogP contribution in [0.15, 0.2) is 36.4 Å². The van der Waals surface area contributed by atoms with Gasteiger partial charge in [0.15, 0.2) is 0 Å². The molecular formula is C20H12N2. The van der Waals surface area contributed by atoms with Crippen LogP contribution in [-0.2, 0) is 0 Å². The Balaban J connectivity index is 2.37. The topological polar surface area (TPSA) is 47.6 Å². The standard InChI is InChI=1S/C20H12N2/c1-11-15(9-21)7-13-4-6-18-12(2)16(10-22)8-14-3-5-17(11)19(13)20(14)18/h3-8H,1-2H3. The highest BCUT2D eigenvalue weighted by Gasteiger charge is 2.15. The molecule has 4 aromatic carbocycles. The first-order valence-electron chi connectivity index (χ1n) is 7.17. The van der Waals surface area contributed by atoms with E-state index in [1.165, 1.54) is 10.8 Å². The summed E-state index contributed by atoms with van der Waals surface area (Å²) >= 11 is 0. The van der Waals surface area contributed by atoms with Crippen molar-refractivity contribution in [3.63, 3.8) is 0 Å². The number of nitriles is 2. The summed E-state index contributed by atoms with van der Waals surface area (Å²) in [5.74, 6) is 0. The van der Waals surface area contributed by atoms with Crippen LogP contribution in [0.4, 0.5) is 0 Å². The molecule has 102 valence electrons. The molecule has 0 aromatic heterocycles. The maximum absolute atomic E-state index is 9.33. The molecule has 0 heterocycles. The molecule has 0 aliphatic heterocycles. The molecule has 0 atom stereocenters. The summed E-state index contributed by atoms with van der Waals surface area (Å²) in [6.07, 6.45) is 0. The average molecular weight is 280 g/mol. The van der Waals surface area contributed by atoms with Gasteiger partial charge in [0.25, 0.3) is 0 Å². The van der Waals surface area contributed by atoms with Crippen LogP contribution in [0.3, 0.4) is 0 Å². The Morgan fingerprint density at radius 2 is 1.09 bits per heavy atom. The van der Waals surface area contributed by atoms with Gasteiger partial charge in [-0.2, -0.15) is 10.5 Å². The molecule has 0 saturated carbocycles. The fraction of sp³-hybridized carbons (Fsp3) is 0.100. The highest BCUT2D eigenvalue weighted by molar-refractivity contribution is 6.24. The average Bonchev–Trinajstić information content (AvgIpc) is 2.55. The van der Waals surface area contributed by atoms with Crippen LogP contribution in [0.25, 0.3) is 32.3 Å². The van der Waals surface area contributed by atoms with Gasteiger partial charge in [0.05, 0.1) is 23.3 Å². The molecule has 0 aliphatic carbocycles. The third-order valence-corrected chi connectivity index (χ3v) is 4.68. The summed E-state index contributed by atoms with van der Waals surface area (Å²) in [4.78, 5) is 0. The quantitative estimate of drug-likeness (QED) is 0.428. The summed E-state index contributed by atoms with van der Waals surface area (Å²) in [6.45, 7) is 4.00. The lowest BCUT2D eigenvalue weighted by atomic mass is 9.87. The first kappa shape index (κ1) is 12.6. The molecule has 4 rings (SSSR count). The Labute approximate surface area is 128 Å². The van der Waals surface area contributed by atoms with E-state index in [0.29, 0.717) is 0 Å². The van der Waals surface area contributed by atoms with Crippen molar-refractivity contribution in [2.45, 2.75) is 13.8 Å². The predicted octanol–water partition coefficient (Wildman–Crippen LogP) is 4.94. The molecule has 0 saturated heterocycles. The fourth-order valence-electron chi connectivity index (χ4n) is 3.46. The molecule has 22 heavy (non-hydrogen) atoms. The van der Waals surface area contributed by atoms with Gasteiger partial charge < -0.3 is 0 Å². The van der Waals surface area contributed by atoms with Crippen molar-refractivity contribution in [3.8, 4) is 12.1 Å². The molecule has 2 heteroatoms. The van der Waals surface area contributed by atoms with Crippen LogP contribution in [-0.4, -0.2) is 0 Å². The number of hydrogen-bond acceptors (Lipinski definition) is 2. The van der Waals surface area contributed by atoms with Gasteiger partial charge in [0.2, 0.25) is 0 Å². The van der Waals surface area contributed by atoms with Crippen LogP contribution < -0.4 is 0 Å². The van der Waals surface area contributed by atoms with Gasteiger partial charge in [-0.1, -0.05) is 24.3 Å². The lowest BCUT2D eigenvalue weighted by Crippen LogP contribution is -1.93. The van der Waals surface area contributed by atoms with Gasteiger partial charge in [-0.25, -0.2) is 0 Å². The third kappa shape index (κ3) is 1.42. The summed E-state index contributed by atoms with van der Waals surface area (Å²) in [5.41, 5.74) is 3.48. The van der Waals surface area contributed by atoms with Crippen molar-refractivity contribution in [1.29, 1.82) is 10.5 Å². The van der Waals surface area contributed by atoms with Gasteiger partial charge in [0, 0.05) is 0 Å². The van der Waals surface area contributed by atoms with Crippen molar-refractivity contribution in [2.24, 2.45) is 0 Å². The zero-order valence-corrected chi connectivity index (χ0v) is 12.4. The minimum Gasteiger partial charge on any atom is -0.192 e. The van der Waals surface area contributed by atoms with Crippen molar-refractivity contribution >= 4 is 32.3 Å². The van der Waals surface area contributed by atoms with E-state index >= 15 is 0 Å². The van der Waals surface area contributed by atoms with Crippen molar-refractivity contribution in [2.75, 3.05) is 0 Å². The fourth-order valence-corrected chi connectivity index (χ4v) is 3.46. The van der Waals surface area contributed by atoms with Gasteiger partial charge in [-0.15, -0.1) is 0 Å². The summed E-state index contributed by atoms with van der Waals surface area (Å²) in [5, 5.41) is 25.5. The van der Waals surface area contributed by atoms with Crippen molar-refractivity contribution in [1.82, 2.24) is 0 Å². The van der Waals surface area contributed by atoms with Crippen LogP contribution in [0.5, 0.6) is 0 Å². The second kappa shape index (κ2) is 4.20. The zero-order valence-electron chi connectivity index (χ0n) is 12.4. The second-order valence-corrected chi connectivity index (χ2v) is 5.74. The van der Waals surface area contributed by atoms with Gasteiger partial charge in [0.1, 0.15) is 0 Å². The monoisotopic (exact) mass is 280 g/mol. The Morgan fingerprint density at radius 1 is 0.682 bits per heavy atom. The number of nitrogens with zero attached hydrogens (tertiary/aromatic N) is 2. The first-order chi connectivity index (χ1) is 10.7. The summed E-state index contributed by atoms with van der Waals surface area (Å²) in [6, 6.07) is 16.7. The molecular weight excluding hydrogens is 268 g/mol. The zero-order chi connectivity index (χ0) is 15.4. The molecule has 0 amide bonds. The number of aryl methyl sites for hydroxylation is 2. The van der Waals surface area contributed by atoms with E-state index in [1.807, 2.05) is 26.0 Å². The first-order valence-corrected chi connectivity index (χ1v) is 7.17. The third-order valence-electron chi connectivity index (χ3n) is 4.68. The highest BCUT2D eigenvalue weighted by atomic mass is 14.3. The predicted molar refractivity (Wildman–Crippen MR) is 89.1 cm³/mol. The minimum atomic E-state index is 0.723. The van der Waals surface area contributed by atoms with Crippen LogP contribution in [0.2, 0.25) is 0 Å². The highest BCUT2D eigenvalue weighted by Crippen LogP contribution is 2.39. The van der Waals surface area contributed by atoms with Crippen molar-refractivity contribution in [3.05, 3.63) is 58.7 Å². The Morgan fingerprint density at radius 3 is 1.45 bits per heavy atom. The molecule has 0 spiro atoms. The largest absolute Gasteiger partial charge is 0.192 e. The smallest absolute Gasteiger partial charge is 0.0994 e. The van der Waals surface area contributed by atoms with Gasteiger partial charge in [-0.3, -0.25) is 0 Å². The van der Waals surface area contributed by atoms with E-state index in [1.54, 1.807) is 0 Å². The van der Waals surface area contributed by atoms with E-state index < -0.39 is 0 Å². The molecule has 0 unspecified atom stereocenters. The van der Waals surface area contributed by atoms with E-state index in [0.717, 1.165) is 43.8 Å². The van der Waals surface area contributed by atoms with Crippen LogP contribution in [0, 0.1) is 36.5 Å². The molecule has 0 N–H and O–H groups in total. The molecule has 0 fully saturated rings. The van der Waals surface area contributed by atoms with Gasteiger partial charge in [-0.05, 0) is 69.4 Å². The lowest BCUT2D eigenvalue weighted by molar-refractivity contribution is 1.43. The van der Waals surface area contributed by atoms with Gasteiger partial charge >= 0.3 is 0 Å². The Kier molecular flexibility index (Phi) is 2.41. The lowest BCUT2D eigenvalue weighted by Gasteiger charge is -2.15. The SMILES string of the molecule is Cc1c(C#N)cc2ccc3c(C)c(C#N)cc4ccc1c2c43. The van der Waals surface area contributed by atoms with Crippen molar-refractivity contribution < 1.29 is 0 Å². The molecule has 0 radical (unpaired) electrons. The molecule has 2 nitrogen and oxygen atoms in total. The maximum Gasteiger partial charge on any atom is 0.0994 e. The van der Waals surface area contributed by atoms with E-state index in [2.05, 4.69) is 36.4 Å². The molecule has 0 bridgehead atoms. The molecule has 4 aromatic rings. The van der Waals surface area contributed by atoms with Crippen LogP contribution >= 0.6 is 0 Å². The van der Waals surface area contributed by atoms with E-state index in [-0.39, 0.29) is 0 Å². The number of benzene rings is 4. The molecule has 0 aliphatic rings. The maximum atomic E-state index is 9.33. The van der Waals surface area contributed by atoms with Crippen LogP contribution in [0.1, 0.15) is 22.3 Å². The Bertz CT molecular complexity index is 1060. The minimum absolute atomic E-state index is 0.723. The van der Waals surface area contributed by atoms with E-state index in [4.69, 9.17) is 0 Å². The Hall–Kier alpha value is -3.10. The summed E-state index contributed by atoms with van der Waals surface area (Å²) < 4.78 is 0. The van der Waals surface area contributed by atoms with E-state index in [9.17, 15) is 10.5 Å². The number of rotatable bonds is 0. The normalized spacial score (nSPS) is 11.1. The summed E-state index contributed by atoms with van der Waals surface area (Å²) in [7, 11) is 0. The second-order valence-electron chi connectivity index (χ2n) is 5.74.